The van der Waals surface area contributed by atoms with Gasteiger partial charge in [0.2, 0.25) is 0 Å². The molecule has 0 aromatic heterocycles. The molecule has 2 aromatic carbocycles. The third-order valence-electron chi connectivity index (χ3n) is 5.86. The van der Waals surface area contributed by atoms with E-state index in [1.165, 1.54) is 17.0 Å². The highest BCUT2D eigenvalue weighted by molar-refractivity contribution is 6.31. The molecular weight excluding hydrogens is 449 g/mol. The highest BCUT2D eigenvalue weighted by Gasteiger charge is 2.28. The van der Waals surface area contributed by atoms with Gasteiger partial charge in [-0.3, -0.25) is 4.79 Å². The van der Waals surface area contributed by atoms with Crippen LogP contribution in [0.15, 0.2) is 36.4 Å². The minimum Gasteiger partial charge on any atom is -0.497 e. The first-order valence-electron chi connectivity index (χ1n) is 11.1. The summed E-state index contributed by atoms with van der Waals surface area (Å²) in [6.07, 6.45) is 1.71. The highest BCUT2D eigenvalue weighted by atomic mass is 35.5. The van der Waals surface area contributed by atoms with Crippen molar-refractivity contribution < 1.29 is 28.1 Å². The van der Waals surface area contributed by atoms with Gasteiger partial charge in [-0.05, 0) is 75.1 Å². The van der Waals surface area contributed by atoms with E-state index in [1.54, 1.807) is 45.3 Å². The van der Waals surface area contributed by atoms with Gasteiger partial charge in [-0.2, -0.15) is 0 Å². The fraction of sp³-hybridized carbons (Fsp3) is 0.480. The molecule has 3 atom stereocenters. The Balaban J connectivity index is 1.73. The summed E-state index contributed by atoms with van der Waals surface area (Å²) >= 11 is 6.38. The van der Waals surface area contributed by atoms with Gasteiger partial charge in [0.05, 0.1) is 18.2 Å². The normalized spacial score (nSPS) is 17.8. The number of hydrogen-bond acceptors (Lipinski definition) is 5. The van der Waals surface area contributed by atoms with Crippen molar-refractivity contribution in [3.05, 3.63) is 58.4 Å². The second-order valence-corrected chi connectivity index (χ2v) is 8.53. The predicted octanol–water partition coefficient (Wildman–Crippen LogP) is 5.52. The van der Waals surface area contributed by atoms with Crippen molar-refractivity contribution in [2.45, 2.75) is 58.2 Å². The summed E-state index contributed by atoms with van der Waals surface area (Å²) in [4.78, 5) is 14.6. The van der Waals surface area contributed by atoms with Gasteiger partial charge in [-0.25, -0.2) is 4.39 Å². The van der Waals surface area contributed by atoms with Crippen molar-refractivity contribution in [1.82, 2.24) is 4.90 Å². The molecule has 1 aliphatic rings. The molecule has 2 aromatic rings. The Labute approximate surface area is 199 Å². The van der Waals surface area contributed by atoms with Crippen LogP contribution < -0.4 is 9.47 Å². The molecule has 6 nitrogen and oxygen atoms in total. The molecule has 3 rings (SSSR count). The van der Waals surface area contributed by atoms with Gasteiger partial charge in [0, 0.05) is 19.2 Å². The maximum atomic E-state index is 14.3. The number of carbonyl (C=O) groups is 1. The van der Waals surface area contributed by atoms with E-state index in [0.29, 0.717) is 29.2 Å². The number of benzene rings is 2. The summed E-state index contributed by atoms with van der Waals surface area (Å²) in [5, 5.41) is 0.242. The molecule has 180 valence electrons. The third kappa shape index (κ3) is 6.59. The molecule has 1 heterocycles. The maximum Gasteiger partial charge on any atom is 0.251 e. The van der Waals surface area contributed by atoms with Crippen LogP contribution in [0.25, 0.3) is 0 Å². The van der Waals surface area contributed by atoms with E-state index in [9.17, 15) is 9.18 Å². The molecule has 8 heteroatoms. The summed E-state index contributed by atoms with van der Waals surface area (Å²) in [6.45, 7) is 4.28. The second-order valence-electron chi connectivity index (χ2n) is 8.12. The lowest BCUT2D eigenvalue weighted by Crippen LogP contribution is -2.40. The van der Waals surface area contributed by atoms with Gasteiger partial charge in [0.15, 0.2) is 6.29 Å². The lowest BCUT2D eigenvalue weighted by Gasteiger charge is -2.31. The van der Waals surface area contributed by atoms with Gasteiger partial charge in [0.1, 0.15) is 30.0 Å². The zero-order valence-electron chi connectivity index (χ0n) is 19.5. The first-order chi connectivity index (χ1) is 15.8. The van der Waals surface area contributed by atoms with Crippen molar-refractivity contribution in [1.29, 1.82) is 0 Å². The highest BCUT2D eigenvalue weighted by Crippen LogP contribution is 2.31. The Bertz CT molecular complexity index is 933. The smallest absolute Gasteiger partial charge is 0.251 e. The molecule has 0 spiro atoms. The van der Waals surface area contributed by atoms with E-state index in [-0.39, 0.29) is 23.8 Å². The fourth-order valence-corrected chi connectivity index (χ4v) is 4.03. The molecular formula is C25H31ClFNO5. The Morgan fingerprint density at radius 3 is 2.55 bits per heavy atom. The van der Waals surface area contributed by atoms with Gasteiger partial charge in [0.25, 0.3) is 5.91 Å². The van der Waals surface area contributed by atoms with E-state index < -0.39 is 18.0 Å². The van der Waals surface area contributed by atoms with Gasteiger partial charge >= 0.3 is 0 Å². The molecule has 3 unspecified atom stereocenters. The van der Waals surface area contributed by atoms with Crippen LogP contribution in [0.4, 0.5) is 4.39 Å². The van der Waals surface area contributed by atoms with Crippen LogP contribution in [0.2, 0.25) is 5.02 Å². The summed E-state index contributed by atoms with van der Waals surface area (Å²) < 4.78 is 36.7. The molecule has 1 aliphatic heterocycles. The molecule has 0 aliphatic carbocycles. The SMILES string of the molecule is COc1ccc(OCc2c(Cl)cc(F)cc2C(C)N(C)C(=O)C(C)OC2CCCCO2)cc1. The number of hydrogen-bond donors (Lipinski definition) is 0. The van der Waals surface area contributed by atoms with Crippen LogP contribution in [-0.2, 0) is 20.9 Å². The number of amides is 1. The van der Waals surface area contributed by atoms with E-state index in [4.69, 9.17) is 30.5 Å². The number of ether oxygens (including phenoxy) is 4. The summed E-state index contributed by atoms with van der Waals surface area (Å²) in [7, 11) is 3.26. The molecule has 0 saturated carbocycles. The predicted molar refractivity (Wildman–Crippen MR) is 124 cm³/mol. The number of methoxy groups -OCH3 is 1. The zero-order chi connectivity index (χ0) is 24.0. The largest absolute Gasteiger partial charge is 0.497 e. The van der Waals surface area contributed by atoms with Crippen molar-refractivity contribution in [3.8, 4) is 11.5 Å². The molecule has 1 fully saturated rings. The molecule has 1 saturated heterocycles. The standard InChI is InChI=1S/C25H31ClFNO5/c1-16(28(3)25(29)17(2)33-24-7-5-6-12-31-24)21-13-18(27)14-23(26)22(21)15-32-20-10-8-19(30-4)9-11-20/h8-11,13-14,16-17,24H,5-7,12,15H2,1-4H3. The second kappa shape index (κ2) is 11.7. The van der Waals surface area contributed by atoms with Crippen LogP contribution >= 0.6 is 11.6 Å². The van der Waals surface area contributed by atoms with Crippen LogP contribution in [0.3, 0.4) is 0 Å². The van der Waals surface area contributed by atoms with Gasteiger partial charge in [-0.15, -0.1) is 0 Å². The van der Waals surface area contributed by atoms with Crippen molar-refractivity contribution >= 4 is 17.5 Å². The molecule has 0 radical (unpaired) electrons. The van der Waals surface area contributed by atoms with E-state index >= 15 is 0 Å². The van der Waals surface area contributed by atoms with Crippen molar-refractivity contribution in [2.24, 2.45) is 0 Å². The monoisotopic (exact) mass is 479 g/mol. The Morgan fingerprint density at radius 1 is 1.21 bits per heavy atom. The van der Waals surface area contributed by atoms with Crippen LogP contribution in [0.1, 0.15) is 50.3 Å². The molecule has 0 N–H and O–H groups in total. The topological polar surface area (TPSA) is 57.2 Å². The Hall–Kier alpha value is -2.35. The van der Waals surface area contributed by atoms with Crippen LogP contribution in [0, 0.1) is 5.82 Å². The lowest BCUT2D eigenvalue weighted by molar-refractivity contribution is -0.194. The van der Waals surface area contributed by atoms with Crippen molar-refractivity contribution in [2.75, 3.05) is 20.8 Å². The van der Waals surface area contributed by atoms with E-state index in [1.807, 2.05) is 6.92 Å². The zero-order valence-corrected chi connectivity index (χ0v) is 20.2. The Morgan fingerprint density at radius 2 is 1.91 bits per heavy atom. The van der Waals surface area contributed by atoms with Crippen molar-refractivity contribution in [3.63, 3.8) is 0 Å². The molecule has 33 heavy (non-hydrogen) atoms. The van der Waals surface area contributed by atoms with Crippen LogP contribution in [-0.4, -0.2) is 44.0 Å². The van der Waals surface area contributed by atoms with E-state index in [0.717, 1.165) is 19.3 Å². The van der Waals surface area contributed by atoms with Crippen LogP contribution in [0.5, 0.6) is 11.5 Å². The summed E-state index contributed by atoms with van der Waals surface area (Å²) in [5.74, 6) is 0.634. The number of rotatable bonds is 9. The molecule has 0 bridgehead atoms. The first-order valence-corrected chi connectivity index (χ1v) is 11.5. The fourth-order valence-electron chi connectivity index (χ4n) is 3.77. The quantitative estimate of drug-likeness (QED) is 0.474. The minimum atomic E-state index is -0.691. The van der Waals surface area contributed by atoms with Gasteiger partial charge < -0.3 is 23.8 Å². The summed E-state index contributed by atoms with van der Waals surface area (Å²) in [6, 6.07) is 9.31. The number of halogens is 2. The lowest BCUT2D eigenvalue weighted by atomic mass is 10.00. The third-order valence-corrected chi connectivity index (χ3v) is 6.19. The number of carbonyl (C=O) groups excluding carboxylic acids is 1. The number of nitrogens with zero attached hydrogens (tertiary/aromatic N) is 1. The first kappa shape index (κ1) is 25.3. The average Bonchev–Trinajstić information content (AvgIpc) is 2.82. The van der Waals surface area contributed by atoms with Gasteiger partial charge in [-0.1, -0.05) is 11.6 Å². The Kier molecular flexibility index (Phi) is 8.95. The minimum absolute atomic E-state index is 0.120. The maximum absolute atomic E-state index is 14.3. The number of likely N-dealkylation sites (N-methyl/N-ethyl adjacent to an activating group) is 1. The summed E-state index contributed by atoms with van der Waals surface area (Å²) in [5.41, 5.74) is 1.19. The molecule has 1 amide bonds. The van der Waals surface area contributed by atoms with E-state index in [2.05, 4.69) is 0 Å². The average molecular weight is 480 g/mol.